The molecule has 7 heteroatoms. The minimum absolute atomic E-state index is 0.0815. The number of halogens is 1. The van der Waals surface area contributed by atoms with Crippen molar-refractivity contribution < 1.29 is 17.6 Å². The molecule has 2 unspecified atom stereocenters. The number of hydrogen-bond donors (Lipinski definition) is 1. The summed E-state index contributed by atoms with van der Waals surface area (Å²) in [5.74, 6) is -0.807. The van der Waals surface area contributed by atoms with Crippen LogP contribution in [0.1, 0.15) is 24.9 Å². The Balaban J connectivity index is 2.70. The largest absolute Gasteiger partial charge is 0.338 e. The second kappa shape index (κ2) is 7.00. The van der Waals surface area contributed by atoms with Gasteiger partial charge in [0.2, 0.25) is 5.91 Å². The molecule has 0 fully saturated rings. The summed E-state index contributed by atoms with van der Waals surface area (Å²) < 4.78 is 35.1. The van der Waals surface area contributed by atoms with Crippen LogP contribution in [0.25, 0.3) is 0 Å². The zero-order chi connectivity index (χ0) is 16.2. The predicted octanol–water partition coefficient (Wildman–Crippen LogP) is 1.11. The summed E-state index contributed by atoms with van der Waals surface area (Å²) in [6.45, 7) is 1.80. The minimum atomic E-state index is -3.15. The Morgan fingerprint density at radius 1 is 1.33 bits per heavy atom. The number of likely N-dealkylation sites (N-methyl/N-ethyl adjacent to an activating group) is 1. The van der Waals surface area contributed by atoms with Crippen molar-refractivity contribution in [2.45, 2.75) is 25.4 Å². The van der Waals surface area contributed by atoms with Crippen molar-refractivity contribution in [2.24, 2.45) is 5.73 Å². The van der Waals surface area contributed by atoms with Gasteiger partial charge in [-0.3, -0.25) is 4.79 Å². The molecular formula is C14H21FN2O3S. The van der Waals surface area contributed by atoms with Crippen LogP contribution in [0.2, 0.25) is 0 Å². The maximum absolute atomic E-state index is 12.9. The predicted molar refractivity (Wildman–Crippen MR) is 79.9 cm³/mol. The molecular weight excluding hydrogens is 295 g/mol. The second-order valence-corrected chi connectivity index (χ2v) is 7.46. The van der Waals surface area contributed by atoms with E-state index in [4.69, 9.17) is 5.73 Å². The fourth-order valence-corrected chi connectivity index (χ4v) is 2.56. The number of carbonyl (C=O) groups is 1. The number of hydrogen-bond acceptors (Lipinski definition) is 4. The molecule has 0 radical (unpaired) electrons. The van der Waals surface area contributed by atoms with Crippen LogP contribution in [0.5, 0.6) is 0 Å². The maximum Gasteiger partial charge on any atom is 0.239 e. The van der Waals surface area contributed by atoms with Gasteiger partial charge in [0.05, 0.1) is 17.8 Å². The van der Waals surface area contributed by atoms with Gasteiger partial charge in [-0.1, -0.05) is 12.1 Å². The van der Waals surface area contributed by atoms with E-state index < -0.39 is 15.9 Å². The van der Waals surface area contributed by atoms with Crippen molar-refractivity contribution in [3.8, 4) is 0 Å². The van der Waals surface area contributed by atoms with Gasteiger partial charge in [-0.2, -0.15) is 0 Å². The van der Waals surface area contributed by atoms with E-state index in [1.54, 1.807) is 26.1 Å². The Hall–Kier alpha value is -1.47. The molecule has 2 atom stereocenters. The average molecular weight is 316 g/mol. The smallest absolute Gasteiger partial charge is 0.239 e. The highest BCUT2D eigenvalue weighted by atomic mass is 32.2. The number of nitrogens with two attached hydrogens (primary N) is 1. The SMILES string of the molecule is CC(c1ccc(F)cc1)N(C)C(=O)C(N)CCS(C)(=O)=O. The molecule has 0 aliphatic rings. The number of amides is 1. The topological polar surface area (TPSA) is 80.5 Å². The Bertz CT molecular complexity index is 587. The molecule has 0 saturated carbocycles. The molecule has 1 amide bonds. The molecule has 0 spiro atoms. The first-order valence-electron chi connectivity index (χ1n) is 6.57. The number of sulfone groups is 1. The average Bonchev–Trinajstić information content (AvgIpc) is 2.42. The fourth-order valence-electron chi connectivity index (χ4n) is 1.88. The third-order valence-corrected chi connectivity index (χ3v) is 4.38. The third kappa shape index (κ3) is 5.43. The van der Waals surface area contributed by atoms with Crippen LogP contribution in [-0.4, -0.2) is 44.3 Å². The highest BCUT2D eigenvalue weighted by Gasteiger charge is 2.23. The van der Waals surface area contributed by atoms with Crippen LogP contribution in [0.3, 0.4) is 0 Å². The number of rotatable bonds is 6. The van der Waals surface area contributed by atoms with Crippen LogP contribution in [0.15, 0.2) is 24.3 Å². The van der Waals surface area contributed by atoms with Gasteiger partial charge < -0.3 is 10.6 Å². The Kier molecular flexibility index (Phi) is 5.86. The van der Waals surface area contributed by atoms with E-state index in [0.717, 1.165) is 11.8 Å². The summed E-state index contributed by atoms with van der Waals surface area (Å²) in [5.41, 5.74) is 6.53. The molecule has 0 aliphatic carbocycles. The second-order valence-electron chi connectivity index (χ2n) is 5.20. The van der Waals surface area contributed by atoms with Crippen molar-refractivity contribution in [3.63, 3.8) is 0 Å². The van der Waals surface area contributed by atoms with Gasteiger partial charge in [0.15, 0.2) is 0 Å². The van der Waals surface area contributed by atoms with Gasteiger partial charge in [0.25, 0.3) is 0 Å². The first-order chi connectivity index (χ1) is 9.61. The van der Waals surface area contributed by atoms with Crippen molar-refractivity contribution >= 4 is 15.7 Å². The quantitative estimate of drug-likeness (QED) is 0.852. The maximum atomic E-state index is 12.9. The molecule has 0 heterocycles. The monoisotopic (exact) mass is 316 g/mol. The van der Waals surface area contributed by atoms with E-state index in [1.165, 1.54) is 17.0 Å². The van der Waals surface area contributed by atoms with Crippen LogP contribution < -0.4 is 5.73 Å². The van der Waals surface area contributed by atoms with Crippen molar-refractivity contribution in [3.05, 3.63) is 35.6 Å². The lowest BCUT2D eigenvalue weighted by Gasteiger charge is -2.28. The molecule has 118 valence electrons. The summed E-state index contributed by atoms with van der Waals surface area (Å²) in [5, 5.41) is 0. The first-order valence-corrected chi connectivity index (χ1v) is 8.63. The number of benzene rings is 1. The molecule has 0 aliphatic heterocycles. The summed E-state index contributed by atoms with van der Waals surface area (Å²) >= 11 is 0. The van der Waals surface area contributed by atoms with Crippen LogP contribution in [0, 0.1) is 5.82 Å². The van der Waals surface area contributed by atoms with Gasteiger partial charge in [-0.25, -0.2) is 12.8 Å². The van der Waals surface area contributed by atoms with Gasteiger partial charge in [-0.15, -0.1) is 0 Å². The molecule has 0 aromatic heterocycles. The van der Waals surface area contributed by atoms with Gasteiger partial charge in [-0.05, 0) is 31.0 Å². The van der Waals surface area contributed by atoms with Gasteiger partial charge in [0.1, 0.15) is 15.7 Å². The fraction of sp³-hybridized carbons (Fsp3) is 0.500. The Morgan fingerprint density at radius 2 is 1.86 bits per heavy atom. The molecule has 1 aromatic carbocycles. The lowest BCUT2D eigenvalue weighted by atomic mass is 10.1. The van der Waals surface area contributed by atoms with E-state index in [9.17, 15) is 17.6 Å². The first kappa shape index (κ1) is 17.6. The summed E-state index contributed by atoms with van der Waals surface area (Å²) in [6.07, 6.45) is 1.19. The van der Waals surface area contributed by atoms with E-state index in [1.807, 2.05) is 0 Å². The molecule has 5 nitrogen and oxygen atoms in total. The van der Waals surface area contributed by atoms with E-state index in [-0.39, 0.29) is 29.9 Å². The summed E-state index contributed by atoms with van der Waals surface area (Å²) in [4.78, 5) is 13.6. The summed E-state index contributed by atoms with van der Waals surface area (Å²) in [6, 6.07) is 4.72. The standard InChI is InChI=1S/C14H21FN2O3S/c1-10(11-4-6-12(15)7-5-11)17(2)14(18)13(16)8-9-21(3,19)20/h4-7,10,13H,8-9,16H2,1-3H3. The highest BCUT2D eigenvalue weighted by molar-refractivity contribution is 7.90. The molecule has 0 saturated heterocycles. The third-order valence-electron chi connectivity index (χ3n) is 3.40. The molecule has 1 rings (SSSR count). The Morgan fingerprint density at radius 3 is 2.33 bits per heavy atom. The lowest BCUT2D eigenvalue weighted by Crippen LogP contribution is -2.43. The van der Waals surface area contributed by atoms with Crippen LogP contribution >= 0.6 is 0 Å². The van der Waals surface area contributed by atoms with Crippen molar-refractivity contribution in [1.82, 2.24) is 4.90 Å². The van der Waals surface area contributed by atoms with E-state index in [0.29, 0.717) is 0 Å². The minimum Gasteiger partial charge on any atom is -0.338 e. The van der Waals surface area contributed by atoms with Crippen molar-refractivity contribution in [1.29, 1.82) is 0 Å². The lowest BCUT2D eigenvalue weighted by molar-refractivity contribution is -0.133. The Labute approximate surface area is 124 Å². The number of nitrogens with zero attached hydrogens (tertiary/aromatic N) is 1. The highest BCUT2D eigenvalue weighted by Crippen LogP contribution is 2.19. The zero-order valence-corrected chi connectivity index (χ0v) is 13.2. The molecule has 21 heavy (non-hydrogen) atoms. The number of carbonyl (C=O) groups excluding carboxylic acids is 1. The van der Waals surface area contributed by atoms with E-state index >= 15 is 0 Å². The van der Waals surface area contributed by atoms with Crippen LogP contribution in [-0.2, 0) is 14.6 Å². The zero-order valence-electron chi connectivity index (χ0n) is 12.4. The van der Waals surface area contributed by atoms with Gasteiger partial charge >= 0.3 is 0 Å². The van der Waals surface area contributed by atoms with Crippen LogP contribution in [0.4, 0.5) is 4.39 Å². The molecule has 0 bridgehead atoms. The van der Waals surface area contributed by atoms with Crippen molar-refractivity contribution in [2.75, 3.05) is 19.1 Å². The van der Waals surface area contributed by atoms with E-state index in [2.05, 4.69) is 0 Å². The molecule has 2 N–H and O–H groups in total. The molecule has 1 aromatic rings. The summed E-state index contributed by atoms with van der Waals surface area (Å²) in [7, 11) is -1.55. The normalized spacial score (nSPS) is 14.5. The van der Waals surface area contributed by atoms with Gasteiger partial charge in [0, 0.05) is 13.3 Å².